The van der Waals surface area contributed by atoms with E-state index in [1.807, 2.05) is 0 Å². The summed E-state index contributed by atoms with van der Waals surface area (Å²) in [7, 11) is 0. The molecule has 0 aliphatic carbocycles. The van der Waals surface area contributed by atoms with Gasteiger partial charge in [0.25, 0.3) is 5.69 Å². The monoisotopic (exact) mass is 297 g/mol. The number of carbonyl (C=O) groups excluding carboxylic acids is 1. The van der Waals surface area contributed by atoms with Gasteiger partial charge in [-0.3, -0.25) is 19.5 Å². The van der Waals surface area contributed by atoms with Crippen molar-refractivity contribution in [2.24, 2.45) is 0 Å². The molecule has 0 unspecified atom stereocenters. The minimum Gasteiger partial charge on any atom is -0.485 e. The number of aldehydes is 1. The van der Waals surface area contributed by atoms with Crippen molar-refractivity contribution in [3.05, 3.63) is 52.1 Å². The molecular weight excluding hydrogens is 288 g/mol. The molecule has 0 radical (unpaired) electrons. The van der Waals surface area contributed by atoms with Crippen LogP contribution < -0.4 is 4.74 Å². The van der Waals surface area contributed by atoms with Gasteiger partial charge in [0.05, 0.1) is 10.5 Å². The van der Waals surface area contributed by atoms with Crippen molar-refractivity contribution in [3.8, 4) is 5.75 Å². The Morgan fingerprint density at radius 2 is 2.24 bits per heavy atom. The SMILES string of the molecule is O=Cc1cc([N+](=O)[O-])ccc1OCc1nccn1C(F)F. The van der Waals surface area contributed by atoms with Crippen molar-refractivity contribution < 1.29 is 23.2 Å². The zero-order valence-corrected chi connectivity index (χ0v) is 10.5. The fraction of sp³-hybridized carbons (Fsp3) is 0.167. The molecule has 0 atom stereocenters. The standard InChI is InChI=1S/C12H9F2N3O4/c13-12(14)16-4-3-15-11(16)7-21-10-2-1-9(17(19)20)5-8(10)6-18/h1-6,12H,7H2. The van der Waals surface area contributed by atoms with Gasteiger partial charge in [-0.25, -0.2) is 4.98 Å². The largest absolute Gasteiger partial charge is 0.485 e. The maximum Gasteiger partial charge on any atom is 0.320 e. The topological polar surface area (TPSA) is 87.3 Å². The summed E-state index contributed by atoms with van der Waals surface area (Å²) < 4.78 is 31.1. The number of alkyl halides is 2. The summed E-state index contributed by atoms with van der Waals surface area (Å²) in [5.41, 5.74) is -0.308. The molecule has 0 aliphatic heterocycles. The van der Waals surface area contributed by atoms with Crippen LogP contribution in [0.15, 0.2) is 30.6 Å². The summed E-state index contributed by atoms with van der Waals surface area (Å²) in [6.45, 7) is -3.05. The number of carbonyl (C=O) groups is 1. The van der Waals surface area contributed by atoms with Crippen molar-refractivity contribution in [1.29, 1.82) is 0 Å². The predicted octanol–water partition coefficient (Wildman–Crippen LogP) is 2.58. The summed E-state index contributed by atoms with van der Waals surface area (Å²) in [5, 5.41) is 10.6. The molecule has 7 nitrogen and oxygen atoms in total. The molecule has 0 spiro atoms. The van der Waals surface area contributed by atoms with Gasteiger partial charge in [0.1, 0.15) is 12.4 Å². The van der Waals surface area contributed by atoms with Crippen LogP contribution in [-0.2, 0) is 6.61 Å². The average Bonchev–Trinajstić information content (AvgIpc) is 2.93. The first kappa shape index (κ1) is 14.6. The van der Waals surface area contributed by atoms with Crippen LogP contribution in [0.5, 0.6) is 5.75 Å². The highest BCUT2D eigenvalue weighted by molar-refractivity contribution is 5.80. The maximum atomic E-state index is 12.6. The molecule has 0 bridgehead atoms. The lowest BCUT2D eigenvalue weighted by molar-refractivity contribution is -0.384. The highest BCUT2D eigenvalue weighted by Gasteiger charge is 2.14. The van der Waals surface area contributed by atoms with Gasteiger partial charge in [-0.2, -0.15) is 8.78 Å². The number of hydrogen-bond donors (Lipinski definition) is 0. The molecule has 110 valence electrons. The third kappa shape index (κ3) is 3.19. The first-order valence-corrected chi connectivity index (χ1v) is 5.69. The summed E-state index contributed by atoms with van der Waals surface area (Å²) in [4.78, 5) is 24.6. The van der Waals surface area contributed by atoms with Gasteiger partial charge in [-0.15, -0.1) is 0 Å². The van der Waals surface area contributed by atoms with Crippen LogP contribution in [0.25, 0.3) is 0 Å². The molecule has 2 aromatic rings. The van der Waals surface area contributed by atoms with Gasteiger partial charge in [0, 0.05) is 24.5 Å². The molecule has 0 N–H and O–H groups in total. The molecule has 21 heavy (non-hydrogen) atoms. The van der Waals surface area contributed by atoms with Crippen LogP contribution in [0.2, 0.25) is 0 Å². The van der Waals surface area contributed by atoms with Crippen LogP contribution in [0.3, 0.4) is 0 Å². The number of imidazole rings is 1. The second-order valence-corrected chi connectivity index (χ2v) is 3.91. The zero-order valence-electron chi connectivity index (χ0n) is 10.5. The van der Waals surface area contributed by atoms with Crippen molar-refractivity contribution in [1.82, 2.24) is 9.55 Å². The van der Waals surface area contributed by atoms with Crippen molar-refractivity contribution in [2.75, 3.05) is 0 Å². The van der Waals surface area contributed by atoms with E-state index in [4.69, 9.17) is 4.74 Å². The summed E-state index contributed by atoms with van der Waals surface area (Å²) in [6.07, 6.45) is 2.68. The van der Waals surface area contributed by atoms with E-state index in [1.54, 1.807) is 0 Å². The Kier molecular flexibility index (Phi) is 4.21. The number of benzene rings is 1. The van der Waals surface area contributed by atoms with E-state index >= 15 is 0 Å². The Hall–Kier alpha value is -2.84. The Bertz CT molecular complexity index is 672. The molecule has 0 saturated heterocycles. The molecule has 0 fully saturated rings. The highest BCUT2D eigenvalue weighted by Crippen LogP contribution is 2.24. The van der Waals surface area contributed by atoms with E-state index in [9.17, 15) is 23.7 Å². The van der Waals surface area contributed by atoms with Crippen LogP contribution in [0, 0.1) is 10.1 Å². The Balaban J connectivity index is 2.18. The number of nitrogens with zero attached hydrogens (tertiary/aromatic N) is 3. The Morgan fingerprint density at radius 3 is 2.86 bits per heavy atom. The van der Waals surface area contributed by atoms with E-state index in [-0.39, 0.29) is 29.4 Å². The van der Waals surface area contributed by atoms with E-state index in [2.05, 4.69) is 4.98 Å². The number of hydrogen-bond acceptors (Lipinski definition) is 5. The second kappa shape index (κ2) is 6.07. The molecule has 0 saturated carbocycles. The average molecular weight is 297 g/mol. The van der Waals surface area contributed by atoms with Crippen molar-refractivity contribution in [3.63, 3.8) is 0 Å². The van der Waals surface area contributed by atoms with Crippen LogP contribution in [-0.4, -0.2) is 20.8 Å². The second-order valence-electron chi connectivity index (χ2n) is 3.91. The lowest BCUT2D eigenvalue weighted by Crippen LogP contribution is -2.08. The number of nitro groups is 1. The number of aromatic nitrogens is 2. The molecule has 0 aliphatic rings. The van der Waals surface area contributed by atoms with Crippen LogP contribution >= 0.6 is 0 Å². The molecule has 2 rings (SSSR count). The number of halogens is 2. The molecule has 1 aromatic heterocycles. The van der Waals surface area contributed by atoms with Crippen molar-refractivity contribution >= 4 is 12.0 Å². The number of nitro benzene ring substituents is 1. The number of non-ortho nitro benzene ring substituents is 1. The van der Waals surface area contributed by atoms with Gasteiger partial charge in [-0.05, 0) is 6.07 Å². The van der Waals surface area contributed by atoms with E-state index in [0.29, 0.717) is 10.9 Å². The molecule has 1 aromatic carbocycles. The fourth-order valence-corrected chi connectivity index (χ4v) is 1.65. The van der Waals surface area contributed by atoms with Crippen LogP contribution in [0.4, 0.5) is 14.5 Å². The summed E-state index contributed by atoms with van der Waals surface area (Å²) >= 11 is 0. The van der Waals surface area contributed by atoms with Crippen LogP contribution in [0.1, 0.15) is 22.7 Å². The lowest BCUT2D eigenvalue weighted by atomic mass is 10.2. The molecule has 1 heterocycles. The summed E-state index contributed by atoms with van der Waals surface area (Å²) in [5.74, 6) is 0.0274. The third-order valence-electron chi connectivity index (χ3n) is 2.65. The van der Waals surface area contributed by atoms with Gasteiger partial charge >= 0.3 is 6.55 Å². The molecular formula is C12H9F2N3O4. The van der Waals surface area contributed by atoms with E-state index < -0.39 is 11.5 Å². The molecule has 0 amide bonds. The Labute approximate surface area is 116 Å². The van der Waals surface area contributed by atoms with Crippen molar-refractivity contribution in [2.45, 2.75) is 13.2 Å². The quantitative estimate of drug-likeness (QED) is 0.464. The normalized spacial score (nSPS) is 10.6. The molecule has 9 heteroatoms. The van der Waals surface area contributed by atoms with Gasteiger partial charge in [0.2, 0.25) is 0 Å². The maximum absolute atomic E-state index is 12.6. The Morgan fingerprint density at radius 1 is 1.48 bits per heavy atom. The number of rotatable bonds is 6. The number of ether oxygens (including phenoxy) is 1. The first-order valence-electron chi connectivity index (χ1n) is 5.69. The highest BCUT2D eigenvalue weighted by atomic mass is 19.3. The van der Waals surface area contributed by atoms with Gasteiger partial charge in [0.15, 0.2) is 12.1 Å². The fourth-order valence-electron chi connectivity index (χ4n) is 1.65. The summed E-state index contributed by atoms with van der Waals surface area (Å²) in [6, 6.07) is 3.43. The van der Waals surface area contributed by atoms with Gasteiger partial charge < -0.3 is 4.74 Å². The predicted molar refractivity (Wildman–Crippen MR) is 66.3 cm³/mol. The van der Waals surface area contributed by atoms with E-state index in [0.717, 1.165) is 18.3 Å². The smallest absolute Gasteiger partial charge is 0.320 e. The van der Waals surface area contributed by atoms with E-state index in [1.165, 1.54) is 12.3 Å². The zero-order chi connectivity index (χ0) is 15.4. The minimum atomic E-state index is -2.76. The van der Waals surface area contributed by atoms with Gasteiger partial charge in [-0.1, -0.05) is 0 Å². The minimum absolute atomic E-state index is 0.0276. The first-order chi connectivity index (χ1) is 10.0. The lowest BCUT2D eigenvalue weighted by Gasteiger charge is -2.09. The third-order valence-corrected chi connectivity index (χ3v) is 2.65.